The van der Waals surface area contributed by atoms with Crippen molar-refractivity contribution in [1.29, 1.82) is 0 Å². The van der Waals surface area contributed by atoms with Crippen LogP contribution in [0.25, 0.3) is 0 Å². The number of amides is 1. The van der Waals surface area contributed by atoms with E-state index in [1.807, 2.05) is 18.2 Å². The molecule has 0 bridgehead atoms. The molecule has 0 spiro atoms. The fraction of sp³-hybridized carbons (Fsp3) is 0.562. The molecule has 0 saturated heterocycles. The van der Waals surface area contributed by atoms with Crippen LogP contribution in [0.1, 0.15) is 39.2 Å². The van der Waals surface area contributed by atoms with Crippen LogP contribution in [0.3, 0.4) is 0 Å². The summed E-state index contributed by atoms with van der Waals surface area (Å²) in [5, 5.41) is 2.82. The number of hydrogen-bond donors (Lipinski definition) is 2. The lowest BCUT2D eigenvalue weighted by Crippen LogP contribution is -2.44. The molecule has 4 nitrogen and oxygen atoms in total. The molecule has 0 aliphatic heterocycles. The maximum Gasteiger partial charge on any atom is 0.240 e. The third kappa shape index (κ3) is 3.51. The van der Waals surface area contributed by atoms with Crippen molar-refractivity contribution in [1.82, 2.24) is 5.32 Å². The Morgan fingerprint density at radius 1 is 1.35 bits per heavy atom. The van der Waals surface area contributed by atoms with Gasteiger partial charge >= 0.3 is 0 Å². The topological polar surface area (TPSA) is 64.3 Å². The highest BCUT2D eigenvalue weighted by Crippen LogP contribution is 2.32. The maximum absolute atomic E-state index is 11.7. The van der Waals surface area contributed by atoms with Gasteiger partial charge in [-0.15, -0.1) is 0 Å². The third-order valence-electron chi connectivity index (χ3n) is 3.58. The largest absolute Gasteiger partial charge is 0.491 e. The van der Waals surface area contributed by atoms with Gasteiger partial charge in [0.25, 0.3) is 0 Å². The molecule has 1 amide bonds. The predicted octanol–water partition coefficient (Wildman–Crippen LogP) is 1.97. The van der Waals surface area contributed by atoms with E-state index in [1.54, 1.807) is 0 Å². The second-order valence-corrected chi connectivity index (χ2v) is 6.51. The Hall–Kier alpha value is -1.55. The standard InChI is InChI=1S/C16H24N2O2/c1-15(2,3)12-6-4-5-7-13(12)20-11-10-18-14(19)16(17)8-9-16/h4-7H,8-11,17H2,1-3H3,(H,18,19). The fourth-order valence-corrected chi connectivity index (χ4v) is 2.08. The summed E-state index contributed by atoms with van der Waals surface area (Å²) in [6, 6.07) is 8.02. The molecule has 0 heterocycles. The molecule has 2 rings (SSSR count). The summed E-state index contributed by atoms with van der Waals surface area (Å²) in [5.41, 5.74) is 6.41. The predicted molar refractivity (Wildman–Crippen MR) is 79.8 cm³/mol. The van der Waals surface area contributed by atoms with E-state index in [0.717, 1.165) is 18.6 Å². The minimum atomic E-state index is -0.608. The SMILES string of the molecule is CC(C)(C)c1ccccc1OCCNC(=O)C1(N)CC1. The first-order chi connectivity index (χ1) is 9.33. The lowest BCUT2D eigenvalue weighted by atomic mass is 9.86. The highest BCUT2D eigenvalue weighted by atomic mass is 16.5. The van der Waals surface area contributed by atoms with E-state index in [9.17, 15) is 4.79 Å². The number of nitrogens with one attached hydrogen (secondary N) is 1. The molecule has 3 N–H and O–H groups in total. The van der Waals surface area contributed by atoms with Gasteiger partial charge in [0.15, 0.2) is 0 Å². The van der Waals surface area contributed by atoms with E-state index < -0.39 is 5.54 Å². The zero-order valence-corrected chi connectivity index (χ0v) is 12.5. The molecule has 0 radical (unpaired) electrons. The van der Waals surface area contributed by atoms with Gasteiger partial charge in [0.2, 0.25) is 5.91 Å². The molecule has 110 valence electrons. The van der Waals surface area contributed by atoms with Crippen molar-refractivity contribution in [2.45, 2.75) is 44.6 Å². The molecule has 20 heavy (non-hydrogen) atoms. The Morgan fingerprint density at radius 2 is 2.00 bits per heavy atom. The number of carbonyl (C=O) groups excluding carboxylic acids is 1. The molecule has 1 fully saturated rings. The van der Waals surface area contributed by atoms with Gasteiger partial charge in [-0.1, -0.05) is 39.0 Å². The van der Waals surface area contributed by atoms with Crippen LogP contribution >= 0.6 is 0 Å². The smallest absolute Gasteiger partial charge is 0.240 e. The van der Waals surface area contributed by atoms with E-state index in [4.69, 9.17) is 10.5 Å². The molecule has 0 atom stereocenters. The number of rotatable bonds is 5. The molecule has 1 aliphatic rings. The number of ether oxygens (including phenoxy) is 1. The normalized spacial score (nSPS) is 16.6. The zero-order chi connectivity index (χ0) is 14.8. The minimum Gasteiger partial charge on any atom is -0.491 e. The van der Waals surface area contributed by atoms with E-state index in [2.05, 4.69) is 32.2 Å². The van der Waals surface area contributed by atoms with E-state index in [1.165, 1.54) is 5.56 Å². The van der Waals surface area contributed by atoms with Crippen LogP contribution in [0, 0.1) is 0 Å². The van der Waals surface area contributed by atoms with Crippen LogP contribution in [-0.2, 0) is 10.2 Å². The molecule has 0 aromatic heterocycles. The summed E-state index contributed by atoms with van der Waals surface area (Å²) in [4.78, 5) is 11.7. The van der Waals surface area contributed by atoms with E-state index in [-0.39, 0.29) is 11.3 Å². The van der Waals surface area contributed by atoms with Crippen molar-refractivity contribution in [3.05, 3.63) is 29.8 Å². The first kappa shape index (κ1) is 14.9. The van der Waals surface area contributed by atoms with Crippen molar-refractivity contribution in [3.63, 3.8) is 0 Å². The van der Waals surface area contributed by atoms with Gasteiger partial charge in [-0.25, -0.2) is 0 Å². The molecule has 1 aromatic carbocycles. The number of hydrogen-bond acceptors (Lipinski definition) is 3. The van der Waals surface area contributed by atoms with Gasteiger partial charge in [0.05, 0.1) is 12.1 Å². The molecule has 1 aromatic rings. The van der Waals surface area contributed by atoms with Crippen molar-refractivity contribution in [3.8, 4) is 5.75 Å². The van der Waals surface area contributed by atoms with Gasteiger partial charge in [0.1, 0.15) is 12.4 Å². The van der Waals surface area contributed by atoms with Crippen molar-refractivity contribution < 1.29 is 9.53 Å². The van der Waals surface area contributed by atoms with Crippen molar-refractivity contribution >= 4 is 5.91 Å². The zero-order valence-electron chi connectivity index (χ0n) is 12.5. The monoisotopic (exact) mass is 276 g/mol. The summed E-state index contributed by atoms with van der Waals surface area (Å²) in [5.74, 6) is 0.813. The van der Waals surface area contributed by atoms with Gasteiger partial charge < -0.3 is 15.8 Å². The van der Waals surface area contributed by atoms with Gasteiger partial charge in [0, 0.05) is 0 Å². The first-order valence-corrected chi connectivity index (χ1v) is 7.12. The molecule has 0 unspecified atom stereocenters. The van der Waals surface area contributed by atoms with Gasteiger partial charge in [-0.3, -0.25) is 4.79 Å². The highest BCUT2D eigenvalue weighted by molar-refractivity contribution is 5.88. The first-order valence-electron chi connectivity index (χ1n) is 7.12. The van der Waals surface area contributed by atoms with Crippen LogP contribution in [0.4, 0.5) is 0 Å². The Balaban J connectivity index is 1.84. The average molecular weight is 276 g/mol. The molecular formula is C16H24N2O2. The van der Waals surface area contributed by atoms with Crippen LogP contribution in [0.5, 0.6) is 5.75 Å². The molecule has 1 aliphatic carbocycles. The van der Waals surface area contributed by atoms with Crippen LogP contribution in [0.15, 0.2) is 24.3 Å². The highest BCUT2D eigenvalue weighted by Gasteiger charge is 2.45. The fourth-order valence-electron chi connectivity index (χ4n) is 2.08. The van der Waals surface area contributed by atoms with E-state index >= 15 is 0 Å². The van der Waals surface area contributed by atoms with Crippen LogP contribution < -0.4 is 15.8 Å². The van der Waals surface area contributed by atoms with Gasteiger partial charge in [-0.2, -0.15) is 0 Å². The summed E-state index contributed by atoms with van der Waals surface area (Å²) in [6.45, 7) is 7.40. The summed E-state index contributed by atoms with van der Waals surface area (Å²) < 4.78 is 5.79. The number of carbonyl (C=O) groups is 1. The van der Waals surface area contributed by atoms with E-state index in [0.29, 0.717) is 13.2 Å². The second-order valence-electron chi connectivity index (χ2n) is 6.51. The third-order valence-corrected chi connectivity index (χ3v) is 3.58. The Bertz CT molecular complexity index is 487. The van der Waals surface area contributed by atoms with Crippen molar-refractivity contribution in [2.24, 2.45) is 5.73 Å². The maximum atomic E-state index is 11.7. The molecular weight excluding hydrogens is 252 g/mol. The average Bonchev–Trinajstić information content (AvgIpc) is 3.13. The van der Waals surface area contributed by atoms with Crippen LogP contribution in [0.2, 0.25) is 0 Å². The Labute approximate surface area is 120 Å². The Kier molecular flexibility index (Phi) is 4.04. The summed E-state index contributed by atoms with van der Waals surface area (Å²) >= 11 is 0. The quantitative estimate of drug-likeness (QED) is 0.808. The number of benzene rings is 1. The number of para-hydroxylation sites is 1. The lowest BCUT2D eigenvalue weighted by Gasteiger charge is -2.22. The molecule has 4 heteroatoms. The summed E-state index contributed by atoms with van der Waals surface area (Å²) in [6.07, 6.45) is 1.57. The summed E-state index contributed by atoms with van der Waals surface area (Å²) in [7, 11) is 0. The van der Waals surface area contributed by atoms with Gasteiger partial charge in [-0.05, 0) is 29.9 Å². The van der Waals surface area contributed by atoms with Crippen molar-refractivity contribution in [2.75, 3.05) is 13.2 Å². The van der Waals surface area contributed by atoms with Crippen LogP contribution in [-0.4, -0.2) is 24.6 Å². The lowest BCUT2D eigenvalue weighted by molar-refractivity contribution is -0.123. The minimum absolute atomic E-state index is 0.0369. The molecule has 1 saturated carbocycles. The second kappa shape index (κ2) is 5.44. The Morgan fingerprint density at radius 3 is 2.60 bits per heavy atom. The number of nitrogens with two attached hydrogens (primary N) is 1.